The summed E-state index contributed by atoms with van der Waals surface area (Å²) in [6.07, 6.45) is 0. The van der Waals surface area contributed by atoms with Crippen LogP contribution < -0.4 is 0 Å². The van der Waals surface area contributed by atoms with Crippen LogP contribution in [-0.2, 0) is 0 Å². The third-order valence-corrected chi connectivity index (χ3v) is 7.21. The van der Waals surface area contributed by atoms with E-state index in [1.807, 2.05) is 97.1 Å². The van der Waals surface area contributed by atoms with Crippen molar-refractivity contribution in [3.05, 3.63) is 180 Å². The van der Waals surface area contributed by atoms with E-state index in [1.165, 1.54) is 0 Å². The van der Waals surface area contributed by atoms with Gasteiger partial charge in [0.05, 0.1) is 22.8 Å². The third-order valence-electron chi connectivity index (χ3n) is 7.21. The Kier molecular flexibility index (Phi) is 6.85. The van der Waals surface area contributed by atoms with Gasteiger partial charge in [-0.15, -0.1) is 10.2 Å². The summed E-state index contributed by atoms with van der Waals surface area (Å²) in [5.41, 5.74) is 9.00. The Hall–Kier alpha value is -5.74. The summed E-state index contributed by atoms with van der Waals surface area (Å²) in [5, 5.41) is 11.7. The van der Waals surface area contributed by atoms with E-state index < -0.39 is 0 Å². The zero-order valence-electron chi connectivity index (χ0n) is 22.8. The van der Waals surface area contributed by atoms with Crippen molar-refractivity contribution in [2.24, 2.45) is 9.98 Å². The largest absolute Gasteiger partial charge is 0.248 e. The van der Waals surface area contributed by atoms with E-state index in [9.17, 15) is 0 Å². The van der Waals surface area contributed by atoms with Gasteiger partial charge in [-0.05, 0) is 24.3 Å². The van der Waals surface area contributed by atoms with Crippen LogP contribution in [0.15, 0.2) is 168 Å². The fraction of sp³-hybridized carbons (Fsp3) is 0. The van der Waals surface area contributed by atoms with E-state index in [4.69, 9.17) is 20.2 Å². The standard InChI is InChI=1S/C38H26N4/c1-5-15-27(16-6-1)35(39-29-19-9-3-10-20-29)33-25-13-23-31-32-24-14-26-34(38(32)42-41-37(31)33)36(28-17-7-2-8-18-28)40-30-21-11-4-12-22-30/h1-26H. The van der Waals surface area contributed by atoms with E-state index in [-0.39, 0.29) is 0 Å². The minimum absolute atomic E-state index is 0.807. The Balaban J connectivity index is 1.46. The number of rotatable bonds is 6. The molecule has 0 spiro atoms. The molecular formula is C38H26N4. The van der Waals surface area contributed by atoms with Crippen molar-refractivity contribution in [3.63, 3.8) is 0 Å². The van der Waals surface area contributed by atoms with Crippen LogP contribution in [0, 0.1) is 0 Å². The molecule has 0 aliphatic heterocycles. The second-order valence-electron chi connectivity index (χ2n) is 9.93. The first-order valence-electron chi connectivity index (χ1n) is 13.9. The molecule has 0 bridgehead atoms. The molecule has 4 heteroatoms. The number of para-hydroxylation sites is 2. The lowest BCUT2D eigenvalue weighted by molar-refractivity contribution is 1.12. The second kappa shape index (κ2) is 11.4. The van der Waals surface area contributed by atoms with Crippen molar-refractivity contribution in [2.45, 2.75) is 0 Å². The molecule has 0 radical (unpaired) electrons. The van der Waals surface area contributed by atoms with Crippen LogP contribution >= 0.6 is 0 Å². The summed E-state index contributed by atoms with van der Waals surface area (Å²) in [6.45, 7) is 0. The Morgan fingerprint density at radius 3 is 1.10 bits per heavy atom. The molecule has 7 aromatic rings. The average molecular weight is 539 g/mol. The van der Waals surface area contributed by atoms with Crippen LogP contribution in [0.3, 0.4) is 0 Å². The maximum Gasteiger partial charge on any atom is 0.103 e. The summed E-state index contributed by atoms with van der Waals surface area (Å²) in [5.74, 6) is 0. The molecule has 1 heterocycles. The molecule has 0 saturated heterocycles. The normalized spacial score (nSPS) is 12.1. The van der Waals surface area contributed by atoms with Crippen molar-refractivity contribution in [1.29, 1.82) is 0 Å². The Bertz CT molecular complexity index is 1900. The van der Waals surface area contributed by atoms with Crippen molar-refractivity contribution in [2.75, 3.05) is 0 Å². The lowest BCUT2D eigenvalue weighted by Crippen LogP contribution is -2.08. The summed E-state index contributed by atoms with van der Waals surface area (Å²) < 4.78 is 0. The smallest absolute Gasteiger partial charge is 0.103 e. The molecule has 0 atom stereocenters. The highest BCUT2D eigenvalue weighted by molar-refractivity contribution is 6.24. The van der Waals surface area contributed by atoms with Crippen LogP contribution in [-0.4, -0.2) is 21.6 Å². The molecule has 42 heavy (non-hydrogen) atoms. The van der Waals surface area contributed by atoms with Gasteiger partial charge in [0, 0.05) is 33.0 Å². The predicted octanol–water partition coefficient (Wildman–Crippen LogP) is 9.12. The van der Waals surface area contributed by atoms with E-state index in [0.717, 1.165) is 66.9 Å². The second-order valence-corrected chi connectivity index (χ2v) is 9.93. The summed E-state index contributed by atoms with van der Waals surface area (Å²) in [6, 6.07) is 53.1. The lowest BCUT2D eigenvalue weighted by Gasteiger charge is -2.14. The molecule has 1 aromatic heterocycles. The van der Waals surface area contributed by atoms with Gasteiger partial charge in [0.1, 0.15) is 11.0 Å². The third kappa shape index (κ3) is 4.98. The molecule has 0 amide bonds. The number of aliphatic imine (C=N–C) groups is 2. The molecule has 0 N–H and O–H groups in total. The molecule has 0 aliphatic rings. The van der Waals surface area contributed by atoms with Crippen LogP contribution in [0.4, 0.5) is 11.4 Å². The van der Waals surface area contributed by atoms with Gasteiger partial charge in [-0.1, -0.05) is 133 Å². The molecule has 198 valence electrons. The topological polar surface area (TPSA) is 50.5 Å². The Morgan fingerprint density at radius 1 is 0.357 bits per heavy atom. The molecular weight excluding hydrogens is 512 g/mol. The average Bonchev–Trinajstić information content (AvgIpc) is 3.07. The zero-order chi connectivity index (χ0) is 28.1. The van der Waals surface area contributed by atoms with E-state index >= 15 is 0 Å². The van der Waals surface area contributed by atoms with Crippen LogP contribution in [0.1, 0.15) is 22.3 Å². The van der Waals surface area contributed by atoms with Gasteiger partial charge in [-0.3, -0.25) is 0 Å². The predicted molar refractivity (Wildman–Crippen MR) is 173 cm³/mol. The first-order chi connectivity index (χ1) is 20.8. The molecule has 0 unspecified atom stereocenters. The minimum Gasteiger partial charge on any atom is -0.248 e. The van der Waals surface area contributed by atoms with Gasteiger partial charge in [0.25, 0.3) is 0 Å². The SMILES string of the molecule is c1ccc(N=C(c2ccccc2)c2cccc3c2nnc2c(C(=Nc4ccccc4)c4ccccc4)cccc23)cc1. The van der Waals surface area contributed by atoms with Gasteiger partial charge < -0.3 is 0 Å². The van der Waals surface area contributed by atoms with Crippen LogP contribution in [0.5, 0.6) is 0 Å². The first-order valence-corrected chi connectivity index (χ1v) is 13.9. The number of hydrogen-bond acceptors (Lipinski definition) is 4. The zero-order valence-corrected chi connectivity index (χ0v) is 22.8. The lowest BCUT2D eigenvalue weighted by atomic mass is 9.95. The molecule has 0 aliphatic carbocycles. The van der Waals surface area contributed by atoms with Gasteiger partial charge in [-0.2, -0.15) is 0 Å². The van der Waals surface area contributed by atoms with Gasteiger partial charge in [0.15, 0.2) is 0 Å². The van der Waals surface area contributed by atoms with Crippen LogP contribution in [0.2, 0.25) is 0 Å². The van der Waals surface area contributed by atoms with Crippen LogP contribution in [0.25, 0.3) is 21.8 Å². The number of fused-ring (bicyclic) bond motifs is 3. The number of hydrogen-bond donors (Lipinski definition) is 0. The molecule has 6 aromatic carbocycles. The molecule has 0 fully saturated rings. The quantitative estimate of drug-likeness (QED) is 0.157. The van der Waals surface area contributed by atoms with Crippen molar-refractivity contribution >= 4 is 44.6 Å². The van der Waals surface area contributed by atoms with Crippen molar-refractivity contribution < 1.29 is 0 Å². The van der Waals surface area contributed by atoms with E-state index in [0.29, 0.717) is 0 Å². The summed E-state index contributed by atoms with van der Waals surface area (Å²) in [4.78, 5) is 10.2. The summed E-state index contributed by atoms with van der Waals surface area (Å²) >= 11 is 0. The molecule has 0 saturated carbocycles. The highest BCUT2D eigenvalue weighted by atomic mass is 15.1. The monoisotopic (exact) mass is 538 g/mol. The Labute approximate surface area is 244 Å². The first kappa shape index (κ1) is 25.2. The maximum atomic E-state index is 5.09. The molecule has 7 rings (SSSR count). The highest BCUT2D eigenvalue weighted by Gasteiger charge is 2.18. The summed E-state index contributed by atoms with van der Waals surface area (Å²) in [7, 11) is 0. The van der Waals surface area contributed by atoms with Gasteiger partial charge >= 0.3 is 0 Å². The number of benzene rings is 6. The fourth-order valence-corrected chi connectivity index (χ4v) is 5.24. The number of aromatic nitrogens is 2. The van der Waals surface area contributed by atoms with Gasteiger partial charge in [0.2, 0.25) is 0 Å². The minimum atomic E-state index is 0.807. The van der Waals surface area contributed by atoms with Gasteiger partial charge in [-0.25, -0.2) is 9.98 Å². The Morgan fingerprint density at radius 2 is 0.714 bits per heavy atom. The molecule has 4 nitrogen and oxygen atoms in total. The fourth-order valence-electron chi connectivity index (χ4n) is 5.24. The van der Waals surface area contributed by atoms with E-state index in [1.54, 1.807) is 0 Å². The van der Waals surface area contributed by atoms with Crippen molar-refractivity contribution in [1.82, 2.24) is 10.2 Å². The van der Waals surface area contributed by atoms with Crippen molar-refractivity contribution in [3.8, 4) is 0 Å². The highest BCUT2D eigenvalue weighted by Crippen LogP contribution is 2.30. The van der Waals surface area contributed by atoms with E-state index in [2.05, 4.69) is 60.7 Å². The number of nitrogens with zero attached hydrogens (tertiary/aromatic N) is 4. The maximum absolute atomic E-state index is 5.09.